The van der Waals surface area contributed by atoms with Gasteiger partial charge >= 0.3 is 0 Å². The maximum Gasteiger partial charge on any atom is 0.246 e. The number of benzene rings is 1. The molecular weight excluding hydrogens is 308 g/mol. The standard InChI is InChI=1S/C15H17ClN2O2S/c1-3-18(11-13-7-5-4-6-12(13)2)21(19,20)15-10-17-9-8-14(15)16/h4-10H,3,11H2,1-2H3. The summed E-state index contributed by atoms with van der Waals surface area (Å²) < 4.78 is 26.8. The van der Waals surface area contributed by atoms with E-state index in [2.05, 4.69) is 4.98 Å². The maximum atomic E-state index is 12.7. The minimum atomic E-state index is -3.66. The van der Waals surface area contributed by atoms with Crippen LogP contribution in [0.5, 0.6) is 0 Å². The summed E-state index contributed by atoms with van der Waals surface area (Å²) in [6.45, 7) is 4.45. The molecule has 0 amide bonds. The van der Waals surface area contributed by atoms with E-state index in [1.807, 2.05) is 31.2 Å². The van der Waals surface area contributed by atoms with E-state index in [-0.39, 0.29) is 9.92 Å². The lowest BCUT2D eigenvalue weighted by molar-refractivity contribution is 0.422. The molecule has 0 radical (unpaired) electrons. The van der Waals surface area contributed by atoms with Crippen molar-refractivity contribution in [2.45, 2.75) is 25.3 Å². The highest BCUT2D eigenvalue weighted by Crippen LogP contribution is 2.24. The Bertz CT molecular complexity index is 732. The summed E-state index contributed by atoms with van der Waals surface area (Å²) in [5, 5.41) is 0.188. The molecule has 4 nitrogen and oxygen atoms in total. The third kappa shape index (κ3) is 3.43. The topological polar surface area (TPSA) is 50.3 Å². The largest absolute Gasteiger partial charge is 0.263 e. The molecule has 0 spiro atoms. The number of rotatable bonds is 5. The van der Waals surface area contributed by atoms with E-state index < -0.39 is 10.0 Å². The van der Waals surface area contributed by atoms with Crippen molar-refractivity contribution < 1.29 is 8.42 Å². The second-order valence-electron chi connectivity index (χ2n) is 4.66. The normalized spacial score (nSPS) is 11.8. The van der Waals surface area contributed by atoms with Crippen LogP contribution >= 0.6 is 11.6 Å². The number of sulfonamides is 1. The van der Waals surface area contributed by atoms with Gasteiger partial charge in [-0.25, -0.2) is 8.42 Å². The van der Waals surface area contributed by atoms with E-state index in [0.29, 0.717) is 13.1 Å². The predicted molar refractivity (Wildman–Crippen MR) is 83.7 cm³/mol. The zero-order valence-corrected chi connectivity index (χ0v) is 13.5. The third-order valence-corrected chi connectivity index (χ3v) is 5.70. The minimum absolute atomic E-state index is 0.0436. The van der Waals surface area contributed by atoms with E-state index in [0.717, 1.165) is 11.1 Å². The molecule has 0 saturated heterocycles. The fourth-order valence-corrected chi connectivity index (χ4v) is 3.87. The van der Waals surface area contributed by atoms with Gasteiger partial charge in [-0.3, -0.25) is 4.98 Å². The van der Waals surface area contributed by atoms with Crippen LogP contribution in [0.3, 0.4) is 0 Å². The van der Waals surface area contributed by atoms with Crippen LogP contribution in [0.1, 0.15) is 18.1 Å². The molecule has 0 fully saturated rings. The van der Waals surface area contributed by atoms with Gasteiger partial charge in [0.2, 0.25) is 10.0 Å². The van der Waals surface area contributed by atoms with Gasteiger partial charge in [0, 0.05) is 25.5 Å². The summed E-state index contributed by atoms with van der Waals surface area (Å²) >= 11 is 6.00. The molecule has 0 aliphatic carbocycles. The van der Waals surface area contributed by atoms with Crippen molar-refractivity contribution in [2.24, 2.45) is 0 Å². The van der Waals surface area contributed by atoms with Gasteiger partial charge in [0.05, 0.1) is 5.02 Å². The van der Waals surface area contributed by atoms with Crippen molar-refractivity contribution in [1.82, 2.24) is 9.29 Å². The highest BCUT2D eigenvalue weighted by molar-refractivity contribution is 7.89. The molecule has 0 saturated carbocycles. The first-order valence-corrected chi connectivity index (χ1v) is 8.42. The Balaban J connectivity index is 2.37. The molecular formula is C15H17ClN2O2S. The lowest BCUT2D eigenvalue weighted by Gasteiger charge is -2.21. The van der Waals surface area contributed by atoms with Crippen LogP contribution in [0, 0.1) is 6.92 Å². The lowest BCUT2D eigenvalue weighted by Crippen LogP contribution is -2.31. The molecule has 0 bridgehead atoms. The van der Waals surface area contributed by atoms with E-state index in [1.54, 1.807) is 6.92 Å². The van der Waals surface area contributed by atoms with Gasteiger partial charge in [-0.2, -0.15) is 4.31 Å². The number of halogens is 1. The quantitative estimate of drug-likeness (QED) is 0.848. The van der Waals surface area contributed by atoms with Crippen molar-refractivity contribution in [3.05, 3.63) is 58.9 Å². The van der Waals surface area contributed by atoms with E-state index >= 15 is 0 Å². The molecule has 2 aromatic rings. The summed E-state index contributed by atoms with van der Waals surface area (Å²) in [6, 6.07) is 9.21. The highest BCUT2D eigenvalue weighted by Gasteiger charge is 2.26. The molecule has 0 aliphatic heterocycles. The van der Waals surface area contributed by atoms with Crippen LogP contribution in [0.2, 0.25) is 5.02 Å². The summed E-state index contributed by atoms with van der Waals surface area (Å²) in [5.74, 6) is 0. The number of pyridine rings is 1. The van der Waals surface area contributed by atoms with Crippen molar-refractivity contribution >= 4 is 21.6 Å². The Morgan fingerprint density at radius 2 is 1.95 bits per heavy atom. The van der Waals surface area contributed by atoms with Gasteiger partial charge in [-0.1, -0.05) is 42.8 Å². The van der Waals surface area contributed by atoms with Crippen LogP contribution in [-0.2, 0) is 16.6 Å². The zero-order chi connectivity index (χ0) is 15.5. The van der Waals surface area contributed by atoms with Gasteiger partial charge < -0.3 is 0 Å². The van der Waals surface area contributed by atoms with Crippen LogP contribution in [0.25, 0.3) is 0 Å². The second kappa shape index (κ2) is 6.56. The molecule has 0 atom stereocenters. The number of aromatic nitrogens is 1. The number of hydrogen-bond donors (Lipinski definition) is 0. The summed E-state index contributed by atoms with van der Waals surface area (Å²) in [5.41, 5.74) is 2.03. The fraction of sp³-hybridized carbons (Fsp3) is 0.267. The predicted octanol–water partition coefficient (Wildman–Crippen LogP) is 3.25. The van der Waals surface area contributed by atoms with E-state index in [9.17, 15) is 8.42 Å². The smallest absolute Gasteiger partial charge is 0.246 e. The molecule has 21 heavy (non-hydrogen) atoms. The van der Waals surface area contributed by atoms with Gasteiger partial charge in [0.1, 0.15) is 4.90 Å². The molecule has 2 rings (SSSR count). The van der Waals surface area contributed by atoms with Crippen LogP contribution in [0.4, 0.5) is 0 Å². The molecule has 0 N–H and O–H groups in total. The number of hydrogen-bond acceptors (Lipinski definition) is 3. The van der Waals surface area contributed by atoms with Crippen molar-refractivity contribution in [1.29, 1.82) is 0 Å². The number of aryl methyl sites for hydroxylation is 1. The second-order valence-corrected chi connectivity index (χ2v) is 6.98. The van der Waals surface area contributed by atoms with Gasteiger partial charge in [-0.05, 0) is 24.1 Å². The van der Waals surface area contributed by atoms with E-state index in [1.165, 1.54) is 22.8 Å². The van der Waals surface area contributed by atoms with Crippen molar-refractivity contribution in [3.63, 3.8) is 0 Å². The first-order chi connectivity index (χ1) is 9.96. The van der Waals surface area contributed by atoms with Crippen LogP contribution < -0.4 is 0 Å². The number of nitrogens with zero attached hydrogens (tertiary/aromatic N) is 2. The van der Waals surface area contributed by atoms with Gasteiger partial charge in [-0.15, -0.1) is 0 Å². The van der Waals surface area contributed by atoms with Gasteiger partial charge in [0.15, 0.2) is 0 Å². The first-order valence-electron chi connectivity index (χ1n) is 6.61. The Labute approximate surface area is 130 Å². The Morgan fingerprint density at radius 3 is 2.57 bits per heavy atom. The molecule has 1 aromatic carbocycles. The van der Waals surface area contributed by atoms with Crippen LogP contribution in [-0.4, -0.2) is 24.3 Å². The van der Waals surface area contributed by atoms with Gasteiger partial charge in [0.25, 0.3) is 0 Å². The lowest BCUT2D eigenvalue weighted by atomic mass is 10.1. The molecule has 0 aliphatic rings. The summed E-state index contributed by atoms with van der Waals surface area (Å²) in [6.07, 6.45) is 2.76. The monoisotopic (exact) mass is 324 g/mol. The molecule has 0 unspecified atom stereocenters. The Kier molecular flexibility index (Phi) is 4.98. The average molecular weight is 325 g/mol. The summed E-state index contributed by atoms with van der Waals surface area (Å²) in [7, 11) is -3.66. The molecule has 112 valence electrons. The Morgan fingerprint density at radius 1 is 1.24 bits per heavy atom. The highest BCUT2D eigenvalue weighted by atomic mass is 35.5. The minimum Gasteiger partial charge on any atom is -0.263 e. The third-order valence-electron chi connectivity index (χ3n) is 3.31. The zero-order valence-electron chi connectivity index (χ0n) is 12.0. The Hall–Kier alpha value is -1.43. The van der Waals surface area contributed by atoms with Crippen molar-refractivity contribution in [2.75, 3.05) is 6.54 Å². The first kappa shape index (κ1) is 15.9. The maximum absolute atomic E-state index is 12.7. The molecule has 6 heteroatoms. The van der Waals surface area contributed by atoms with E-state index in [4.69, 9.17) is 11.6 Å². The average Bonchev–Trinajstić information content (AvgIpc) is 2.46. The van der Waals surface area contributed by atoms with Crippen molar-refractivity contribution in [3.8, 4) is 0 Å². The summed E-state index contributed by atoms with van der Waals surface area (Å²) in [4.78, 5) is 3.91. The van der Waals surface area contributed by atoms with Crippen LogP contribution in [0.15, 0.2) is 47.6 Å². The molecule has 1 aromatic heterocycles. The molecule has 1 heterocycles. The SMILES string of the molecule is CCN(Cc1ccccc1C)S(=O)(=O)c1cnccc1Cl. The fourth-order valence-electron chi connectivity index (χ4n) is 2.04.